The molecule has 1 amide bonds. The van der Waals surface area contributed by atoms with E-state index in [9.17, 15) is 4.79 Å². The van der Waals surface area contributed by atoms with E-state index in [0.717, 1.165) is 25.3 Å². The molecule has 1 atom stereocenters. The minimum atomic E-state index is 0.0270. The van der Waals surface area contributed by atoms with Crippen LogP contribution in [0.2, 0.25) is 0 Å². The van der Waals surface area contributed by atoms with E-state index in [0.29, 0.717) is 12.5 Å². The highest BCUT2D eigenvalue weighted by Crippen LogP contribution is 2.14. The number of carbonyl (C=O) groups is 1. The minimum absolute atomic E-state index is 0.0270. The first kappa shape index (κ1) is 15.0. The lowest BCUT2D eigenvalue weighted by molar-refractivity contribution is -0.115. The Balaban J connectivity index is 1.64. The summed E-state index contributed by atoms with van der Waals surface area (Å²) in [6.07, 6.45) is 1.24. The lowest BCUT2D eigenvalue weighted by atomic mass is 10.1. The molecule has 4 nitrogen and oxygen atoms in total. The smallest absolute Gasteiger partial charge is 0.238 e. The summed E-state index contributed by atoms with van der Waals surface area (Å²) in [5.41, 5.74) is 2.06. The quantitative estimate of drug-likeness (QED) is 0.833. The van der Waals surface area contributed by atoms with Crippen molar-refractivity contribution in [2.24, 2.45) is 5.92 Å². The number of amides is 1. The van der Waals surface area contributed by atoms with Gasteiger partial charge in [0.25, 0.3) is 0 Å². The van der Waals surface area contributed by atoms with Gasteiger partial charge in [-0.1, -0.05) is 24.6 Å². The number of aryl methyl sites for hydroxylation is 1. The van der Waals surface area contributed by atoms with E-state index >= 15 is 0 Å². The predicted octanol–water partition coefficient (Wildman–Crippen LogP) is 1.86. The van der Waals surface area contributed by atoms with Crippen molar-refractivity contribution in [1.82, 2.24) is 10.2 Å². The summed E-state index contributed by atoms with van der Waals surface area (Å²) in [5.74, 6) is 0.710. The molecule has 1 heterocycles. The van der Waals surface area contributed by atoms with Crippen LogP contribution in [0.15, 0.2) is 24.3 Å². The van der Waals surface area contributed by atoms with Gasteiger partial charge < -0.3 is 15.5 Å². The van der Waals surface area contributed by atoms with Crippen LogP contribution in [0.1, 0.15) is 18.9 Å². The van der Waals surface area contributed by atoms with Gasteiger partial charge in [-0.25, -0.2) is 0 Å². The Bertz CT molecular complexity index is 430. The average molecular weight is 275 g/mol. The maximum atomic E-state index is 11.8. The van der Waals surface area contributed by atoms with Crippen molar-refractivity contribution in [2.75, 3.05) is 38.0 Å². The fourth-order valence-electron chi connectivity index (χ4n) is 2.60. The third-order valence-corrected chi connectivity index (χ3v) is 3.87. The van der Waals surface area contributed by atoms with Crippen LogP contribution in [0.25, 0.3) is 0 Å². The number of carbonyl (C=O) groups excluding carboxylic acids is 1. The number of likely N-dealkylation sites (tertiary alicyclic amines) is 1. The van der Waals surface area contributed by atoms with Crippen LogP contribution in [0.5, 0.6) is 0 Å². The molecular formula is C16H25N3O. The Hall–Kier alpha value is -1.39. The van der Waals surface area contributed by atoms with Crippen molar-refractivity contribution in [3.05, 3.63) is 29.8 Å². The Labute approximate surface area is 121 Å². The topological polar surface area (TPSA) is 44.4 Å². The number of benzene rings is 1. The summed E-state index contributed by atoms with van der Waals surface area (Å²) >= 11 is 0. The molecule has 1 aliphatic heterocycles. The van der Waals surface area contributed by atoms with Crippen molar-refractivity contribution < 1.29 is 4.79 Å². The first-order chi connectivity index (χ1) is 9.67. The van der Waals surface area contributed by atoms with E-state index in [1.54, 1.807) is 0 Å². The fourth-order valence-corrected chi connectivity index (χ4v) is 2.60. The zero-order valence-electron chi connectivity index (χ0n) is 12.5. The number of nitrogens with one attached hydrogen (secondary N) is 2. The second-order valence-electron chi connectivity index (χ2n) is 5.59. The van der Waals surface area contributed by atoms with E-state index in [1.165, 1.54) is 18.5 Å². The van der Waals surface area contributed by atoms with E-state index in [-0.39, 0.29) is 5.91 Å². The van der Waals surface area contributed by atoms with Crippen LogP contribution in [-0.2, 0) is 4.79 Å². The summed E-state index contributed by atoms with van der Waals surface area (Å²) in [6.45, 7) is 9.03. The summed E-state index contributed by atoms with van der Waals surface area (Å²) < 4.78 is 0. The monoisotopic (exact) mass is 275 g/mol. The molecule has 0 spiro atoms. The number of hydrogen-bond donors (Lipinski definition) is 2. The SMILES string of the molecule is CCN1CCC(CNCC(=O)Nc2ccc(C)cc2)C1. The van der Waals surface area contributed by atoms with Crippen LogP contribution in [-0.4, -0.2) is 43.5 Å². The van der Waals surface area contributed by atoms with Gasteiger partial charge in [0.05, 0.1) is 6.54 Å². The largest absolute Gasteiger partial charge is 0.325 e. The highest BCUT2D eigenvalue weighted by Gasteiger charge is 2.20. The maximum Gasteiger partial charge on any atom is 0.238 e. The second-order valence-corrected chi connectivity index (χ2v) is 5.59. The molecule has 0 aromatic heterocycles. The summed E-state index contributed by atoms with van der Waals surface area (Å²) in [5, 5.41) is 6.17. The molecule has 1 aliphatic rings. The van der Waals surface area contributed by atoms with Gasteiger partial charge in [0.1, 0.15) is 0 Å². The standard InChI is InChI=1S/C16H25N3O/c1-3-19-9-8-14(12-19)10-17-11-16(20)18-15-6-4-13(2)5-7-15/h4-7,14,17H,3,8-12H2,1-2H3,(H,18,20). The number of nitrogens with zero attached hydrogens (tertiary/aromatic N) is 1. The highest BCUT2D eigenvalue weighted by atomic mass is 16.1. The molecular weight excluding hydrogens is 250 g/mol. The third kappa shape index (κ3) is 4.62. The van der Waals surface area contributed by atoms with Crippen molar-refractivity contribution in [1.29, 1.82) is 0 Å². The Morgan fingerprint density at radius 2 is 2.10 bits per heavy atom. The van der Waals surface area contributed by atoms with Gasteiger partial charge in [0.2, 0.25) is 5.91 Å². The average Bonchev–Trinajstić information content (AvgIpc) is 2.89. The zero-order valence-corrected chi connectivity index (χ0v) is 12.5. The number of rotatable bonds is 6. The molecule has 1 saturated heterocycles. The van der Waals surface area contributed by atoms with E-state index < -0.39 is 0 Å². The van der Waals surface area contributed by atoms with Gasteiger partial charge in [-0.3, -0.25) is 4.79 Å². The molecule has 1 aromatic rings. The molecule has 1 unspecified atom stereocenters. The third-order valence-electron chi connectivity index (χ3n) is 3.87. The fraction of sp³-hybridized carbons (Fsp3) is 0.562. The minimum Gasteiger partial charge on any atom is -0.325 e. The van der Waals surface area contributed by atoms with E-state index in [4.69, 9.17) is 0 Å². The first-order valence-electron chi connectivity index (χ1n) is 7.47. The van der Waals surface area contributed by atoms with Crippen LogP contribution >= 0.6 is 0 Å². The van der Waals surface area contributed by atoms with Gasteiger partial charge in [-0.2, -0.15) is 0 Å². The normalized spacial score (nSPS) is 19.2. The second kappa shape index (κ2) is 7.41. The molecule has 0 radical (unpaired) electrons. The van der Waals surface area contributed by atoms with Gasteiger partial charge in [-0.15, -0.1) is 0 Å². The molecule has 4 heteroatoms. The molecule has 2 rings (SSSR count). The molecule has 110 valence electrons. The molecule has 20 heavy (non-hydrogen) atoms. The van der Waals surface area contributed by atoms with Crippen molar-refractivity contribution in [3.63, 3.8) is 0 Å². The van der Waals surface area contributed by atoms with E-state index in [2.05, 4.69) is 22.5 Å². The molecule has 1 fully saturated rings. The molecule has 0 aliphatic carbocycles. The van der Waals surface area contributed by atoms with Crippen LogP contribution in [0, 0.1) is 12.8 Å². The zero-order chi connectivity index (χ0) is 14.4. The maximum absolute atomic E-state index is 11.8. The molecule has 0 bridgehead atoms. The van der Waals surface area contributed by atoms with Gasteiger partial charge in [0.15, 0.2) is 0 Å². The van der Waals surface area contributed by atoms with Crippen molar-refractivity contribution in [3.8, 4) is 0 Å². The van der Waals surface area contributed by atoms with Crippen LogP contribution in [0.4, 0.5) is 5.69 Å². The highest BCUT2D eigenvalue weighted by molar-refractivity contribution is 5.92. The van der Waals surface area contributed by atoms with Gasteiger partial charge in [-0.05, 0) is 51.0 Å². The lowest BCUT2D eigenvalue weighted by Crippen LogP contribution is -2.32. The summed E-state index contributed by atoms with van der Waals surface area (Å²) in [4.78, 5) is 14.3. The number of anilines is 1. The van der Waals surface area contributed by atoms with Gasteiger partial charge in [0, 0.05) is 12.2 Å². The van der Waals surface area contributed by atoms with Crippen LogP contribution < -0.4 is 10.6 Å². The van der Waals surface area contributed by atoms with Gasteiger partial charge >= 0.3 is 0 Å². The molecule has 1 aromatic carbocycles. The van der Waals surface area contributed by atoms with Crippen LogP contribution in [0.3, 0.4) is 0 Å². The van der Waals surface area contributed by atoms with E-state index in [1.807, 2.05) is 31.2 Å². The predicted molar refractivity (Wildman–Crippen MR) is 82.9 cm³/mol. The lowest BCUT2D eigenvalue weighted by Gasteiger charge is -2.13. The van der Waals surface area contributed by atoms with Crippen molar-refractivity contribution in [2.45, 2.75) is 20.3 Å². The Morgan fingerprint density at radius 1 is 1.35 bits per heavy atom. The summed E-state index contributed by atoms with van der Waals surface area (Å²) in [7, 11) is 0. The Kier molecular flexibility index (Phi) is 5.56. The summed E-state index contributed by atoms with van der Waals surface area (Å²) in [6, 6.07) is 7.87. The number of hydrogen-bond acceptors (Lipinski definition) is 3. The van der Waals surface area contributed by atoms with Crippen molar-refractivity contribution >= 4 is 11.6 Å². The first-order valence-corrected chi connectivity index (χ1v) is 7.47. The molecule has 0 saturated carbocycles. The molecule has 2 N–H and O–H groups in total. The Morgan fingerprint density at radius 3 is 2.75 bits per heavy atom.